The summed E-state index contributed by atoms with van der Waals surface area (Å²) in [4.78, 5) is 9.44. The zero-order valence-corrected chi connectivity index (χ0v) is 26.9. The number of furan rings is 2. The Hall–Kier alpha value is -6.78. The van der Waals surface area contributed by atoms with E-state index >= 15 is 0 Å². The summed E-state index contributed by atoms with van der Waals surface area (Å²) < 4.78 is 12.8. The van der Waals surface area contributed by atoms with E-state index in [0.29, 0.717) is 5.58 Å². The summed E-state index contributed by atoms with van der Waals surface area (Å²) in [5.74, 6) is 0. The summed E-state index contributed by atoms with van der Waals surface area (Å²) in [5, 5.41) is 3.18. The Morgan fingerprint density at radius 2 is 0.900 bits per heavy atom. The topological polar surface area (TPSA) is 52.1 Å². The molecule has 0 bridgehead atoms. The van der Waals surface area contributed by atoms with Gasteiger partial charge in [0.1, 0.15) is 34.3 Å². The zero-order valence-electron chi connectivity index (χ0n) is 26.9. The van der Waals surface area contributed by atoms with Crippen molar-refractivity contribution in [2.24, 2.45) is 0 Å². The predicted molar refractivity (Wildman–Crippen MR) is 204 cm³/mol. The molecule has 0 radical (unpaired) electrons. The molecule has 0 unspecified atom stereocenters. The summed E-state index contributed by atoms with van der Waals surface area (Å²) >= 11 is 0. The van der Waals surface area contributed by atoms with Crippen LogP contribution in [0.4, 0.5) is 0 Å². The Balaban J connectivity index is 1.02. The molecule has 0 saturated carbocycles. The van der Waals surface area contributed by atoms with Gasteiger partial charge in [0.15, 0.2) is 5.58 Å². The highest BCUT2D eigenvalue weighted by molar-refractivity contribution is 6.10. The molecule has 0 saturated heterocycles. The molecule has 0 aliphatic carbocycles. The van der Waals surface area contributed by atoms with Crippen LogP contribution in [0.15, 0.2) is 179 Å². The normalized spacial score (nSPS) is 11.6. The first-order chi connectivity index (χ1) is 24.8. The molecule has 10 aromatic rings. The van der Waals surface area contributed by atoms with Gasteiger partial charge in [0, 0.05) is 27.3 Å². The lowest BCUT2D eigenvalue weighted by Crippen LogP contribution is -1.88. The van der Waals surface area contributed by atoms with Crippen molar-refractivity contribution in [1.29, 1.82) is 0 Å². The van der Waals surface area contributed by atoms with Gasteiger partial charge in [-0.1, -0.05) is 133 Å². The van der Waals surface area contributed by atoms with Crippen molar-refractivity contribution >= 4 is 44.0 Å². The zero-order chi connectivity index (χ0) is 33.0. The fourth-order valence-electron chi connectivity index (χ4n) is 7.13. The van der Waals surface area contributed by atoms with E-state index in [1.165, 1.54) is 22.3 Å². The molecule has 3 heterocycles. The van der Waals surface area contributed by atoms with Crippen LogP contribution in [0.2, 0.25) is 0 Å². The minimum Gasteiger partial charge on any atom is -0.455 e. The highest BCUT2D eigenvalue weighted by Crippen LogP contribution is 2.39. The van der Waals surface area contributed by atoms with Crippen molar-refractivity contribution in [3.8, 4) is 55.8 Å². The summed E-state index contributed by atoms with van der Waals surface area (Å²) in [5.41, 5.74) is 14.8. The monoisotopic (exact) mass is 640 g/mol. The van der Waals surface area contributed by atoms with Gasteiger partial charge >= 0.3 is 0 Å². The second kappa shape index (κ2) is 11.4. The van der Waals surface area contributed by atoms with Crippen molar-refractivity contribution in [1.82, 2.24) is 9.97 Å². The Morgan fingerprint density at radius 3 is 1.76 bits per heavy atom. The molecule has 7 aromatic carbocycles. The standard InChI is InChI=1S/C46H28N2O2/c1-2-9-29(10-3-1)30-19-21-31(22-20-30)32-11-6-12-33(25-32)34-23-24-42-40(27-34)44-46(50-42)43(47-28-48-44)36-14-7-13-35(26-36)37-16-8-17-39-38-15-4-5-18-41(38)49-45(37)39/h1-28H. The highest BCUT2D eigenvalue weighted by atomic mass is 16.3. The van der Waals surface area contributed by atoms with Crippen molar-refractivity contribution < 1.29 is 8.83 Å². The summed E-state index contributed by atoms with van der Waals surface area (Å²) in [6.45, 7) is 0. The van der Waals surface area contributed by atoms with Crippen LogP contribution in [-0.2, 0) is 0 Å². The van der Waals surface area contributed by atoms with Gasteiger partial charge < -0.3 is 8.83 Å². The van der Waals surface area contributed by atoms with Crippen LogP contribution in [0, 0.1) is 0 Å². The van der Waals surface area contributed by atoms with Crippen LogP contribution in [0.1, 0.15) is 0 Å². The quantitative estimate of drug-likeness (QED) is 0.188. The van der Waals surface area contributed by atoms with Gasteiger partial charge in [-0.3, -0.25) is 0 Å². The van der Waals surface area contributed by atoms with E-state index in [9.17, 15) is 0 Å². The SMILES string of the molecule is c1ccc(-c2ccc(-c3cccc(-c4ccc5oc6c(-c7cccc(-c8cccc9c8oc8ccccc89)c7)ncnc6c5c4)c3)cc2)cc1. The number of fused-ring (bicyclic) bond motifs is 6. The average Bonchev–Trinajstić information content (AvgIpc) is 3.77. The van der Waals surface area contributed by atoms with Gasteiger partial charge in [-0.25, -0.2) is 9.97 Å². The molecule has 50 heavy (non-hydrogen) atoms. The summed E-state index contributed by atoms with van der Waals surface area (Å²) in [6.07, 6.45) is 1.63. The highest BCUT2D eigenvalue weighted by Gasteiger charge is 2.18. The first kappa shape index (κ1) is 28.3. The maximum Gasteiger partial charge on any atom is 0.180 e. The Morgan fingerprint density at radius 1 is 0.340 bits per heavy atom. The number of aromatic nitrogens is 2. The number of nitrogens with zero attached hydrogens (tertiary/aromatic N) is 2. The molecule has 0 N–H and O–H groups in total. The second-order valence-corrected chi connectivity index (χ2v) is 12.6. The van der Waals surface area contributed by atoms with Crippen LogP contribution in [0.5, 0.6) is 0 Å². The van der Waals surface area contributed by atoms with Crippen molar-refractivity contribution in [3.05, 3.63) is 170 Å². The first-order valence-corrected chi connectivity index (χ1v) is 16.7. The minimum atomic E-state index is 0.672. The van der Waals surface area contributed by atoms with Gasteiger partial charge in [0.2, 0.25) is 0 Å². The maximum absolute atomic E-state index is 6.48. The third-order valence-corrected chi connectivity index (χ3v) is 9.62. The number of benzene rings is 7. The van der Waals surface area contributed by atoms with Crippen LogP contribution in [0.25, 0.3) is 99.8 Å². The van der Waals surface area contributed by atoms with E-state index in [2.05, 4.69) is 133 Å². The Kier molecular flexibility index (Phi) is 6.46. The second-order valence-electron chi connectivity index (χ2n) is 12.6. The van der Waals surface area contributed by atoms with Crippen LogP contribution in [-0.4, -0.2) is 9.97 Å². The molecule has 0 spiro atoms. The van der Waals surface area contributed by atoms with Gasteiger partial charge in [-0.05, 0) is 69.3 Å². The van der Waals surface area contributed by atoms with E-state index in [4.69, 9.17) is 18.8 Å². The van der Waals surface area contributed by atoms with E-state index in [1.807, 2.05) is 30.3 Å². The third-order valence-electron chi connectivity index (χ3n) is 9.62. The number of para-hydroxylation sites is 2. The first-order valence-electron chi connectivity index (χ1n) is 16.7. The predicted octanol–water partition coefficient (Wildman–Crippen LogP) is 12.6. The Bertz CT molecular complexity index is 2860. The molecule has 0 fully saturated rings. The van der Waals surface area contributed by atoms with Crippen LogP contribution in [0.3, 0.4) is 0 Å². The number of rotatable bonds is 5. The maximum atomic E-state index is 6.48. The van der Waals surface area contributed by atoms with Crippen LogP contribution < -0.4 is 0 Å². The van der Waals surface area contributed by atoms with Gasteiger partial charge in [0.25, 0.3) is 0 Å². The lowest BCUT2D eigenvalue weighted by molar-refractivity contribution is 0.667. The molecule has 234 valence electrons. The Labute approximate surface area is 287 Å². The van der Waals surface area contributed by atoms with E-state index in [0.717, 1.165) is 71.9 Å². The molecule has 0 amide bonds. The van der Waals surface area contributed by atoms with E-state index in [-0.39, 0.29) is 0 Å². The third kappa shape index (κ3) is 4.69. The minimum absolute atomic E-state index is 0.672. The molecule has 3 aromatic heterocycles. The summed E-state index contributed by atoms with van der Waals surface area (Å²) in [6, 6.07) is 57.1. The van der Waals surface area contributed by atoms with Crippen molar-refractivity contribution in [2.45, 2.75) is 0 Å². The number of hydrogen-bond acceptors (Lipinski definition) is 4. The molecule has 4 heteroatoms. The molecular weight excluding hydrogens is 613 g/mol. The largest absolute Gasteiger partial charge is 0.455 e. The molecule has 0 aliphatic heterocycles. The average molecular weight is 641 g/mol. The smallest absolute Gasteiger partial charge is 0.180 e. The number of hydrogen-bond donors (Lipinski definition) is 0. The molecule has 10 rings (SSSR count). The van der Waals surface area contributed by atoms with E-state index in [1.54, 1.807) is 6.33 Å². The fourth-order valence-corrected chi connectivity index (χ4v) is 7.13. The fraction of sp³-hybridized carbons (Fsp3) is 0. The molecule has 0 atom stereocenters. The lowest BCUT2D eigenvalue weighted by atomic mass is 9.96. The van der Waals surface area contributed by atoms with Crippen molar-refractivity contribution in [3.63, 3.8) is 0 Å². The molecular formula is C46H28N2O2. The van der Waals surface area contributed by atoms with E-state index < -0.39 is 0 Å². The van der Waals surface area contributed by atoms with Gasteiger partial charge in [-0.15, -0.1) is 0 Å². The van der Waals surface area contributed by atoms with Gasteiger partial charge in [-0.2, -0.15) is 0 Å². The summed E-state index contributed by atoms with van der Waals surface area (Å²) in [7, 11) is 0. The van der Waals surface area contributed by atoms with Crippen LogP contribution >= 0.6 is 0 Å². The van der Waals surface area contributed by atoms with Crippen molar-refractivity contribution in [2.75, 3.05) is 0 Å². The lowest BCUT2D eigenvalue weighted by Gasteiger charge is -2.08. The molecule has 0 aliphatic rings. The molecule has 4 nitrogen and oxygen atoms in total. The van der Waals surface area contributed by atoms with Gasteiger partial charge in [0.05, 0.1) is 0 Å².